The second-order valence-corrected chi connectivity index (χ2v) is 14.5. The van der Waals surface area contributed by atoms with Crippen molar-refractivity contribution < 1.29 is 28.7 Å². The molecule has 2 heterocycles. The van der Waals surface area contributed by atoms with Crippen molar-refractivity contribution in [2.24, 2.45) is 17.6 Å². The summed E-state index contributed by atoms with van der Waals surface area (Å²) in [6.45, 7) is 2.55. The van der Waals surface area contributed by atoms with Crippen LogP contribution in [-0.4, -0.2) is 72.8 Å². The van der Waals surface area contributed by atoms with E-state index in [9.17, 15) is 19.2 Å². The van der Waals surface area contributed by atoms with Gasteiger partial charge in [0.15, 0.2) is 5.78 Å². The van der Waals surface area contributed by atoms with Crippen molar-refractivity contribution in [3.8, 4) is 0 Å². The van der Waals surface area contributed by atoms with E-state index in [0.717, 1.165) is 17.7 Å². The lowest BCUT2D eigenvalue weighted by Gasteiger charge is -2.48. The highest BCUT2D eigenvalue weighted by Crippen LogP contribution is 2.58. The van der Waals surface area contributed by atoms with Gasteiger partial charge in [0.1, 0.15) is 18.6 Å². The molecule has 4 unspecified atom stereocenters. The number of amides is 2. The van der Waals surface area contributed by atoms with E-state index in [1.54, 1.807) is 37.3 Å². The number of β-lactam (4-membered cyclic amide) rings is 1. The summed E-state index contributed by atoms with van der Waals surface area (Å²) in [6, 6.07) is 8.63. The molecule has 208 valence electrons. The Morgan fingerprint density at radius 2 is 1.89 bits per heavy atom. The topological polar surface area (TPSA) is 119 Å². The number of fused-ring (bicyclic) bond motifs is 1. The molecule has 2 N–H and O–H groups in total. The van der Waals surface area contributed by atoms with Crippen LogP contribution in [0.1, 0.15) is 26.7 Å². The fraction of sp³-hybridized carbons (Fsp3) is 0.583. The number of rotatable bonds is 9. The van der Waals surface area contributed by atoms with Crippen LogP contribution in [0.25, 0.3) is 0 Å². The molecule has 1 aliphatic carbocycles. The molecular weight excluding hydrogens is 645 g/mol. The van der Waals surface area contributed by atoms with Crippen LogP contribution >= 0.6 is 62.5 Å². The lowest BCUT2D eigenvalue weighted by atomic mass is 9.85. The maximum Gasteiger partial charge on any atom is 0.414 e. The summed E-state index contributed by atoms with van der Waals surface area (Å²) in [5.74, 6) is -2.91. The number of ketones is 1. The summed E-state index contributed by atoms with van der Waals surface area (Å²) < 4.78 is 7.85. The van der Waals surface area contributed by atoms with E-state index in [-0.39, 0.29) is 18.0 Å². The largest absolute Gasteiger partial charge is 0.458 e. The van der Waals surface area contributed by atoms with E-state index < -0.39 is 55.9 Å². The van der Waals surface area contributed by atoms with Crippen molar-refractivity contribution >= 4 is 91.9 Å². The number of benzene rings is 1. The molecule has 3 aliphatic rings. The average Bonchev–Trinajstić information content (AvgIpc) is 3.68. The van der Waals surface area contributed by atoms with Gasteiger partial charge in [0.2, 0.25) is 15.4 Å². The number of ether oxygens (including phenoxy) is 2. The predicted molar refractivity (Wildman–Crippen MR) is 150 cm³/mol. The summed E-state index contributed by atoms with van der Waals surface area (Å²) in [7, 11) is 0. The summed E-state index contributed by atoms with van der Waals surface area (Å²) in [4.78, 5) is 55.4. The van der Waals surface area contributed by atoms with Crippen molar-refractivity contribution in [3.05, 3.63) is 30.3 Å². The Kier molecular flexibility index (Phi) is 8.58. The second kappa shape index (κ2) is 11.0. The summed E-state index contributed by atoms with van der Waals surface area (Å²) in [6.07, 6.45) is 1.02. The van der Waals surface area contributed by atoms with Crippen molar-refractivity contribution in [2.75, 3.05) is 23.4 Å². The zero-order valence-corrected chi connectivity index (χ0v) is 25.2. The molecule has 14 heteroatoms. The first kappa shape index (κ1) is 29.7. The van der Waals surface area contributed by atoms with Crippen LogP contribution in [0.5, 0.6) is 0 Å². The molecule has 1 saturated carbocycles. The monoisotopic (exact) mass is 669 g/mol. The van der Waals surface area contributed by atoms with Gasteiger partial charge in [-0.1, -0.05) is 68.9 Å². The molecule has 2 saturated heterocycles. The number of halogens is 4. The minimum atomic E-state index is -1.92. The highest BCUT2D eigenvalue weighted by Gasteiger charge is 2.74. The minimum absolute atomic E-state index is 0.201. The normalized spacial score (nSPS) is 29.2. The van der Waals surface area contributed by atoms with Gasteiger partial charge in [-0.05, 0) is 44.7 Å². The van der Waals surface area contributed by atoms with E-state index in [0.29, 0.717) is 11.6 Å². The van der Waals surface area contributed by atoms with E-state index in [2.05, 4.69) is 15.9 Å². The number of Topliss-reactive ketones (excluding diaryl/α,β-unsaturated/α-hetero) is 1. The van der Waals surface area contributed by atoms with Gasteiger partial charge in [-0.15, -0.1) is 11.8 Å². The summed E-state index contributed by atoms with van der Waals surface area (Å²) in [5.41, 5.74) is 5.08. The number of nitrogens with two attached hydrogens (primary N) is 1. The number of esters is 1. The number of carbonyl (C=O) groups excluding carboxylic acids is 4. The second-order valence-electron chi connectivity index (χ2n) is 9.83. The van der Waals surface area contributed by atoms with Crippen molar-refractivity contribution in [1.82, 2.24) is 4.90 Å². The van der Waals surface area contributed by atoms with Gasteiger partial charge in [-0.2, -0.15) is 0 Å². The molecule has 1 aromatic carbocycles. The lowest BCUT2D eigenvalue weighted by Crippen LogP contribution is -2.77. The highest BCUT2D eigenvalue weighted by atomic mass is 79.9. The number of hydrogen-bond acceptors (Lipinski definition) is 8. The Morgan fingerprint density at radius 1 is 1.26 bits per heavy atom. The van der Waals surface area contributed by atoms with Crippen LogP contribution < -0.4 is 10.6 Å². The number of carbonyl (C=O) groups is 4. The van der Waals surface area contributed by atoms with Crippen LogP contribution in [0.3, 0.4) is 0 Å². The van der Waals surface area contributed by atoms with Crippen LogP contribution in [0.4, 0.5) is 10.5 Å². The zero-order valence-electron chi connectivity index (χ0n) is 20.6. The minimum Gasteiger partial charge on any atom is -0.458 e. The Labute approximate surface area is 248 Å². The van der Waals surface area contributed by atoms with Crippen LogP contribution in [0.15, 0.2) is 30.3 Å². The first-order chi connectivity index (χ1) is 17.7. The fourth-order valence-electron chi connectivity index (χ4n) is 4.58. The van der Waals surface area contributed by atoms with E-state index >= 15 is 0 Å². The number of anilines is 1. The molecule has 3 fully saturated rings. The third-order valence-corrected chi connectivity index (χ3v) is 10.6. The van der Waals surface area contributed by atoms with Crippen molar-refractivity contribution in [3.63, 3.8) is 0 Å². The van der Waals surface area contributed by atoms with Crippen LogP contribution in [0.2, 0.25) is 0 Å². The lowest BCUT2D eigenvalue weighted by molar-refractivity contribution is -0.178. The molecule has 0 radical (unpaired) electrons. The van der Waals surface area contributed by atoms with Gasteiger partial charge < -0.3 is 9.47 Å². The predicted octanol–water partition coefficient (Wildman–Crippen LogP) is 4.25. The first-order valence-corrected chi connectivity index (χ1v) is 15.0. The van der Waals surface area contributed by atoms with Gasteiger partial charge >= 0.3 is 12.1 Å². The molecule has 2 aliphatic heterocycles. The van der Waals surface area contributed by atoms with E-state index in [1.165, 1.54) is 16.7 Å². The van der Waals surface area contributed by atoms with Crippen molar-refractivity contribution in [1.29, 1.82) is 0 Å². The molecule has 38 heavy (non-hydrogen) atoms. The average molecular weight is 672 g/mol. The molecule has 0 bridgehead atoms. The molecular formula is C24H27BrCl3N3O6S. The Bertz CT molecular complexity index is 1120. The highest BCUT2D eigenvalue weighted by molar-refractivity contribution is 9.09. The van der Waals surface area contributed by atoms with Crippen LogP contribution in [0, 0.1) is 11.8 Å². The fourth-order valence-corrected chi connectivity index (χ4v) is 7.30. The molecule has 5 atom stereocenters. The van der Waals surface area contributed by atoms with Gasteiger partial charge in [-0.3, -0.25) is 25.1 Å². The van der Waals surface area contributed by atoms with E-state index in [1.807, 2.05) is 6.92 Å². The quantitative estimate of drug-likeness (QED) is 0.179. The first-order valence-electron chi connectivity index (χ1n) is 11.9. The number of hydrogen-bond donors (Lipinski definition) is 1. The number of para-hydroxylation sites is 1. The molecule has 4 rings (SSSR count). The van der Waals surface area contributed by atoms with Gasteiger partial charge in [0, 0.05) is 11.0 Å². The molecule has 9 nitrogen and oxygen atoms in total. The third-order valence-electron chi connectivity index (χ3n) is 7.06. The SMILES string of the molecule is CC(OC(=O)N(CC(=O)C1C(=O)N2[C@@H]1SC(C)(CBr)C2(N)C(=O)OCC(Cl)(Cl)Cl)c1ccccc1)C1CC1. The smallest absolute Gasteiger partial charge is 0.414 e. The molecule has 0 spiro atoms. The maximum absolute atomic E-state index is 13.5. The summed E-state index contributed by atoms with van der Waals surface area (Å²) >= 11 is 21.7. The standard InChI is InChI=1S/C24H27BrCl3N3O6S/c1-13(14-8-9-14)37-21(35)30(15-6-4-3-5-7-15)10-16(32)17-18(33)31-19(17)38-22(2,11-25)24(31,29)20(34)36-12-23(26,27)28/h3-7,13-14,17,19H,8-12,29H2,1-2H3/t13?,17?,19-,22?,24?/m1/s1. The number of nitrogens with zero attached hydrogens (tertiary/aromatic N) is 2. The van der Waals surface area contributed by atoms with Gasteiger partial charge in [0.25, 0.3) is 0 Å². The molecule has 1 aromatic rings. The van der Waals surface area contributed by atoms with Gasteiger partial charge in [-0.25, -0.2) is 9.59 Å². The Hall–Kier alpha value is -1.24. The maximum atomic E-state index is 13.5. The van der Waals surface area contributed by atoms with Crippen molar-refractivity contribution in [2.45, 2.75) is 52.4 Å². The zero-order chi connectivity index (χ0) is 28.0. The number of thioether (sulfide) groups is 1. The Morgan fingerprint density at radius 3 is 2.45 bits per heavy atom. The van der Waals surface area contributed by atoms with Gasteiger partial charge in [0.05, 0.1) is 16.7 Å². The third kappa shape index (κ3) is 5.51. The van der Waals surface area contributed by atoms with Crippen LogP contribution in [-0.2, 0) is 23.9 Å². The molecule has 0 aromatic heterocycles. The number of alkyl halides is 4. The van der Waals surface area contributed by atoms with E-state index in [4.69, 9.17) is 50.0 Å². The summed E-state index contributed by atoms with van der Waals surface area (Å²) in [5, 5.41) is -0.547. The Balaban J connectivity index is 1.54. The molecule has 2 amide bonds.